The Labute approximate surface area is 351 Å². The van der Waals surface area contributed by atoms with Crippen LogP contribution in [0.3, 0.4) is 0 Å². The Morgan fingerprint density at radius 1 is 0.787 bits per heavy atom. The third kappa shape index (κ3) is 22.6. The number of H-pyrrole nitrogens is 1. The molecule has 1 aliphatic rings. The highest BCUT2D eigenvalue weighted by Crippen LogP contribution is 2.15. The van der Waals surface area contributed by atoms with E-state index in [9.17, 15) is 53.7 Å². The first kappa shape index (κ1) is 50.9. The van der Waals surface area contributed by atoms with Crippen molar-refractivity contribution in [1.29, 1.82) is 5.41 Å². The number of carboxylic acid groups (broad SMARTS) is 5. The molecule has 0 aromatic carbocycles. The Kier molecular flexibility index (Phi) is 23.6. The number of anilines is 1. The summed E-state index contributed by atoms with van der Waals surface area (Å²) in [4.78, 5) is 106. The smallest absolute Gasteiger partial charge is 0.328 e. The molecule has 0 aliphatic heterocycles. The Balaban J connectivity index is 1.72. The maximum atomic E-state index is 12.9. The fraction of sp³-hybridized carbons (Fsp3) is 0.568. The minimum atomic E-state index is -1.39. The third-order valence-corrected chi connectivity index (χ3v) is 9.16. The quantitative estimate of drug-likeness (QED) is 0.0238. The van der Waals surface area contributed by atoms with Crippen LogP contribution in [0.15, 0.2) is 35.7 Å². The number of rotatable bonds is 34. The van der Waals surface area contributed by atoms with Crippen molar-refractivity contribution >= 4 is 59.7 Å². The highest BCUT2D eigenvalue weighted by molar-refractivity contribution is 5.99. The number of imidazole rings is 1. The fourth-order valence-corrected chi connectivity index (χ4v) is 6.13. The first-order valence-corrected chi connectivity index (χ1v) is 19.7. The van der Waals surface area contributed by atoms with Gasteiger partial charge in [0.25, 0.3) is 5.91 Å². The van der Waals surface area contributed by atoms with Crippen molar-refractivity contribution in [2.45, 2.75) is 50.6 Å². The third-order valence-electron chi connectivity index (χ3n) is 9.16. The molecule has 2 unspecified atom stereocenters. The van der Waals surface area contributed by atoms with Gasteiger partial charge in [-0.2, -0.15) is 0 Å². The molecule has 61 heavy (non-hydrogen) atoms. The highest BCUT2D eigenvalue weighted by Gasteiger charge is 2.25. The molecule has 0 bridgehead atoms. The number of amides is 3. The van der Waals surface area contributed by atoms with Gasteiger partial charge in [0.05, 0.1) is 39.3 Å². The maximum absolute atomic E-state index is 12.9. The molecule has 0 saturated heterocycles. The van der Waals surface area contributed by atoms with Crippen LogP contribution in [0.25, 0.3) is 0 Å². The number of aromatic amines is 1. The molecular weight excluding hydrogens is 806 g/mol. The number of aromatic nitrogens is 2. The standard InChI is InChI=1S/C37H57N11O13/c38-18-26-17-25(6-7-27(26)39-9-4-10-41-37-42-11-12-43-37)35(59)44-19-28(36(60)61)45-29(49)5-2-1-3-8-40-30(50)20-47(22-32(53)54)15-13-46(21-31(51)52)14-16-48(23-33(55)56)24-34(57)58/h6,11-12,17-18,27-28,38-39H,1-5,7-10,13-16,19-24H2,(H,40,50)(H,44,59)(H,45,49)(H,51,52)(H,53,54)(H,55,56)(H,57,58)(H,60,61)(H2,41,42,43)/p+1. The summed E-state index contributed by atoms with van der Waals surface area (Å²) in [7, 11) is 0. The topological polar surface area (TPSA) is 365 Å². The molecule has 0 radical (unpaired) electrons. The number of nitrogens with zero attached hydrogens (tertiary/aromatic N) is 4. The van der Waals surface area contributed by atoms with Crippen molar-refractivity contribution in [2.75, 3.05) is 90.4 Å². The number of hydrogen-bond acceptors (Lipinski definition) is 14. The minimum Gasteiger partial charge on any atom is -0.480 e. The van der Waals surface area contributed by atoms with Crippen LogP contribution in [0.1, 0.15) is 38.5 Å². The number of quaternary nitrogens is 1. The van der Waals surface area contributed by atoms with Gasteiger partial charge in [0, 0.05) is 94.8 Å². The molecule has 338 valence electrons. The number of nitrogens with two attached hydrogens (primary N) is 1. The number of carboxylic acids is 5. The van der Waals surface area contributed by atoms with E-state index in [4.69, 9.17) is 15.6 Å². The second-order valence-corrected chi connectivity index (χ2v) is 14.1. The molecule has 0 spiro atoms. The Bertz CT molecular complexity index is 1690. The largest absolute Gasteiger partial charge is 0.480 e. The van der Waals surface area contributed by atoms with Crippen LogP contribution in [-0.4, -0.2) is 201 Å². The van der Waals surface area contributed by atoms with Crippen molar-refractivity contribution in [3.63, 3.8) is 0 Å². The summed E-state index contributed by atoms with van der Waals surface area (Å²) in [5.74, 6) is -7.25. The zero-order chi connectivity index (χ0) is 45.2. The molecule has 24 nitrogen and oxygen atoms in total. The van der Waals surface area contributed by atoms with Gasteiger partial charge < -0.3 is 62.5 Å². The van der Waals surface area contributed by atoms with Crippen LogP contribution in [0, 0.1) is 5.41 Å². The van der Waals surface area contributed by atoms with E-state index in [2.05, 4.69) is 36.6 Å². The Morgan fingerprint density at radius 3 is 1.97 bits per heavy atom. The van der Waals surface area contributed by atoms with Crippen LogP contribution in [0.2, 0.25) is 0 Å². The molecule has 3 amide bonds. The van der Waals surface area contributed by atoms with Crippen LogP contribution in [0.4, 0.5) is 5.95 Å². The van der Waals surface area contributed by atoms with Crippen molar-refractivity contribution in [1.82, 2.24) is 40.6 Å². The maximum Gasteiger partial charge on any atom is 0.328 e. The van der Waals surface area contributed by atoms with Gasteiger partial charge in [-0.3, -0.25) is 48.3 Å². The van der Waals surface area contributed by atoms with Crippen molar-refractivity contribution in [3.8, 4) is 0 Å². The predicted octanol–water partition coefficient (Wildman–Crippen LogP) is -3.34. The summed E-state index contributed by atoms with van der Waals surface area (Å²) < 4.78 is 0. The van der Waals surface area contributed by atoms with E-state index in [-0.39, 0.29) is 63.8 Å². The van der Waals surface area contributed by atoms with E-state index < -0.39 is 79.8 Å². The summed E-state index contributed by atoms with van der Waals surface area (Å²) in [6.07, 6.45) is 10.5. The summed E-state index contributed by atoms with van der Waals surface area (Å²) in [6.45, 7) is -1.45. The van der Waals surface area contributed by atoms with Crippen LogP contribution < -0.4 is 26.6 Å². The normalized spacial score (nSPS) is 14.1. The van der Waals surface area contributed by atoms with E-state index in [0.29, 0.717) is 43.7 Å². The average Bonchev–Trinajstić information content (AvgIpc) is 3.71. The lowest BCUT2D eigenvalue weighted by Gasteiger charge is -2.27. The number of carbonyl (C=O) groups is 8. The molecular formula is C37H58N11O13+. The van der Waals surface area contributed by atoms with E-state index in [1.807, 2.05) is 0 Å². The fourth-order valence-electron chi connectivity index (χ4n) is 6.13. The Hall–Kier alpha value is -6.24. The van der Waals surface area contributed by atoms with Gasteiger partial charge in [0.2, 0.25) is 11.8 Å². The van der Waals surface area contributed by atoms with E-state index in [0.717, 1.165) is 17.9 Å². The van der Waals surface area contributed by atoms with Gasteiger partial charge in [0.15, 0.2) is 5.95 Å². The molecule has 1 aromatic heterocycles. The van der Waals surface area contributed by atoms with E-state index in [1.165, 1.54) is 16.0 Å². The second kappa shape index (κ2) is 28.3. The van der Waals surface area contributed by atoms with Gasteiger partial charge in [-0.05, 0) is 18.9 Å². The van der Waals surface area contributed by atoms with E-state index in [1.54, 1.807) is 24.5 Å². The lowest BCUT2D eigenvalue weighted by atomic mass is 9.94. The highest BCUT2D eigenvalue weighted by atomic mass is 16.4. The first-order chi connectivity index (χ1) is 29.1. The summed E-state index contributed by atoms with van der Waals surface area (Å²) in [5.41, 5.74) is 0.932. The minimum absolute atomic E-state index is 0.0208. The van der Waals surface area contributed by atoms with Gasteiger partial charge in [-0.1, -0.05) is 12.5 Å². The van der Waals surface area contributed by atoms with Crippen molar-refractivity contribution in [2.24, 2.45) is 0 Å². The Morgan fingerprint density at radius 2 is 1.39 bits per heavy atom. The molecule has 24 heteroatoms. The zero-order valence-electron chi connectivity index (χ0n) is 33.8. The molecule has 1 aliphatic carbocycles. The molecule has 13 N–H and O–H groups in total. The van der Waals surface area contributed by atoms with E-state index >= 15 is 0 Å². The molecule has 0 fully saturated rings. The molecule has 2 rings (SSSR count). The number of unbranched alkanes of at least 4 members (excludes halogenated alkanes) is 2. The van der Waals surface area contributed by atoms with Gasteiger partial charge in [-0.25, -0.2) is 9.78 Å². The average molecular weight is 865 g/mol. The van der Waals surface area contributed by atoms with Gasteiger partial charge in [0.1, 0.15) is 12.1 Å². The van der Waals surface area contributed by atoms with Crippen LogP contribution in [-0.2, 0) is 38.4 Å². The second-order valence-electron chi connectivity index (χ2n) is 14.1. The monoisotopic (exact) mass is 864 g/mol. The number of aliphatic carboxylic acids is 5. The molecule has 2 atom stereocenters. The van der Waals surface area contributed by atoms with Crippen LogP contribution in [0.5, 0.6) is 0 Å². The number of nitrogens with one attached hydrogen (secondary N) is 6. The van der Waals surface area contributed by atoms with Crippen LogP contribution >= 0.6 is 0 Å². The SMILES string of the molecule is N=CC1=CC(C(=O)NCC(NC(=O)CCCCCNC(=O)CN(CCN(CCN(CC(=O)O)CC(=O)O)CC(=O)O)CC(=O)O)C(=O)O)=CCC1[NH2+]CCCNc1ncc[nH]1. The molecule has 0 saturated carbocycles. The van der Waals surface area contributed by atoms with Gasteiger partial charge >= 0.3 is 29.8 Å². The molecule has 1 aromatic rings. The summed E-state index contributed by atoms with van der Waals surface area (Å²) in [5, 5.41) is 67.0. The van der Waals surface area contributed by atoms with Crippen molar-refractivity contribution < 1.29 is 69.2 Å². The molecule has 1 heterocycles. The number of carbonyl (C=O) groups excluding carboxylic acids is 3. The van der Waals surface area contributed by atoms with Gasteiger partial charge in [-0.15, -0.1) is 0 Å². The lowest BCUT2D eigenvalue weighted by molar-refractivity contribution is -0.679. The summed E-state index contributed by atoms with van der Waals surface area (Å²) in [6, 6.07) is -1.44. The lowest BCUT2D eigenvalue weighted by Crippen LogP contribution is -2.90. The van der Waals surface area contributed by atoms with Crippen molar-refractivity contribution in [3.05, 3.63) is 35.7 Å². The first-order valence-electron chi connectivity index (χ1n) is 19.7. The number of hydrogen-bond donors (Lipinski definition) is 12. The summed E-state index contributed by atoms with van der Waals surface area (Å²) >= 11 is 0. The predicted molar refractivity (Wildman–Crippen MR) is 216 cm³/mol. The zero-order valence-corrected chi connectivity index (χ0v) is 33.8.